The Labute approximate surface area is 198 Å². The van der Waals surface area contributed by atoms with E-state index in [2.05, 4.69) is 21.7 Å². The molecular formula is C22H24ClF3N4O4. The SMILES string of the molecule is C=C(CCn1cc(N2CCC(OC(F)(F)F)C2)cn1)NC(=O)[C@H]1C[C@@H](O)c2cc(Cl)ccc2O1. The lowest BCUT2D eigenvalue weighted by atomic mass is 9.98. The van der Waals surface area contributed by atoms with Gasteiger partial charge in [0.2, 0.25) is 0 Å². The van der Waals surface area contributed by atoms with E-state index in [0.29, 0.717) is 47.2 Å². The van der Waals surface area contributed by atoms with Gasteiger partial charge in [0, 0.05) is 55.0 Å². The monoisotopic (exact) mass is 500 g/mol. The summed E-state index contributed by atoms with van der Waals surface area (Å²) in [4.78, 5) is 14.4. The van der Waals surface area contributed by atoms with E-state index in [9.17, 15) is 23.1 Å². The number of hydrogen-bond donors (Lipinski definition) is 2. The van der Waals surface area contributed by atoms with Crippen molar-refractivity contribution in [2.24, 2.45) is 0 Å². The minimum Gasteiger partial charge on any atom is -0.480 e. The van der Waals surface area contributed by atoms with E-state index in [0.717, 1.165) is 0 Å². The molecule has 4 rings (SSSR count). The number of aryl methyl sites for hydroxylation is 1. The first kappa shape index (κ1) is 24.4. The molecule has 1 unspecified atom stereocenters. The van der Waals surface area contributed by atoms with E-state index in [4.69, 9.17) is 16.3 Å². The number of anilines is 1. The molecule has 2 aliphatic rings. The Hall–Kier alpha value is -2.76. The highest BCUT2D eigenvalue weighted by Crippen LogP contribution is 2.36. The summed E-state index contributed by atoms with van der Waals surface area (Å²) in [5.41, 5.74) is 1.69. The molecule has 3 heterocycles. The van der Waals surface area contributed by atoms with Crippen LogP contribution in [0.4, 0.5) is 18.9 Å². The number of aromatic nitrogens is 2. The van der Waals surface area contributed by atoms with Gasteiger partial charge >= 0.3 is 6.36 Å². The minimum atomic E-state index is -4.65. The summed E-state index contributed by atoms with van der Waals surface area (Å²) in [6.07, 6.45) is -3.23. The lowest BCUT2D eigenvalue weighted by molar-refractivity contribution is -0.339. The van der Waals surface area contributed by atoms with Gasteiger partial charge in [-0.05, 0) is 24.6 Å². The standard InChI is InChI=1S/C22H24ClF3N4O4/c1-13(28-21(32)20-9-18(31)17-8-14(23)2-3-19(17)33-20)4-7-30-11-15(10-27-30)29-6-5-16(12-29)34-22(24,25)26/h2-3,8,10-11,16,18,20,31H,1,4-7,9,12H2,(H,28,32)/t16?,18-,20-/m1/s1. The van der Waals surface area contributed by atoms with Crippen LogP contribution in [0.5, 0.6) is 5.75 Å². The summed E-state index contributed by atoms with van der Waals surface area (Å²) in [5.74, 6) is -0.0126. The van der Waals surface area contributed by atoms with Gasteiger partial charge in [-0.2, -0.15) is 5.10 Å². The fraction of sp³-hybridized carbons (Fsp3) is 0.455. The smallest absolute Gasteiger partial charge is 0.480 e. The molecular weight excluding hydrogens is 477 g/mol. The molecule has 34 heavy (non-hydrogen) atoms. The second-order valence-electron chi connectivity index (χ2n) is 8.26. The molecule has 1 aromatic carbocycles. The van der Waals surface area contributed by atoms with Crippen LogP contribution in [-0.2, 0) is 16.1 Å². The topological polar surface area (TPSA) is 88.9 Å². The zero-order chi connectivity index (χ0) is 24.5. The van der Waals surface area contributed by atoms with E-state index in [1.165, 1.54) is 0 Å². The van der Waals surface area contributed by atoms with Crippen molar-refractivity contribution in [2.75, 3.05) is 18.0 Å². The number of fused-ring (bicyclic) bond motifs is 1. The molecule has 184 valence electrons. The van der Waals surface area contributed by atoms with Gasteiger partial charge in [0.25, 0.3) is 5.91 Å². The van der Waals surface area contributed by atoms with Gasteiger partial charge < -0.3 is 20.1 Å². The molecule has 0 bridgehead atoms. The maximum absolute atomic E-state index is 12.6. The van der Waals surface area contributed by atoms with Gasteiger partial charge in [-0.3, -0.25) is 14.2 Å². The molecule has 0 radical (unpaired) electrons. The van der Waals surface area contributed by atoms with Crippen LogP contribution < -0.4 is 15.0 Å². The Morgan fingerprint density at radius 1 is 1.41 bits per heavy atom. The van der Waals surface area contributed by atoms with Gasteiger partial charge in [-0.25, -0.2) is 0 Å². The van der Waals surface area contributed by atoms with E-state index in [1.807, 2.05) is 0 Å². The molecule has 0 saturated carbocycles. The third-order valence-electron chi connectivity index (χ3n) is 5.70. The number of aliphatic hydroxyl groups is 1. The van der Waals surface area contributed by atoms with Crippen molar-refractivity contribution in [3.05, 3.63) is 53.5 Å². The third-order valence-corrected chi connectivity index (χ3v) is 5.94. The number of carbonyl (C=O) groups is 1. The fourth-order valence-electron chi connectivity index (χ4n) is 4.03. The van der Waals surface area contributed by atoms with Gasteiger partial charge in [0.15, 0.2) is 6.10 Å². The number of aliphatic hydroxyl groups excluding tert-OH is 1. The van der Waals surface area contributed by atoms with Crippen molar-refractivity contribution < 1.29 is 32.5 Å². The van der Waals surface area contributed by atoms with Crippen LogP contribution in [0.15, 0.2) is 42.9 Å². The van der Waals surface area contributed by atoms with Gasteiger partial charge in [-0.1, -0.05) is 18.2 Å². The summed E-state index contributed by atoms with van der Waals surface area (Å²) in [6, 6.07) is 4.84. The highest BCUT2D eigenvalue weighted by Gasteiger charge is 2.37. The number of nitrogens with zero attached hydrogens (tertiary/aromatic N) is 3. The zero-order valence-corrected chi connectivity index (χ0v) is 18.8. The van der Waals surface area contributed by atoms with E-state index < -0.39 is 30.6 Å². The zero-order valence-electron chi connectivity index (χ0n) is 18.1. The van der Waals surface area contributed by atoms with Crippen LogP contribution in [-0.4, -0.2) is 52.5 Å². The van der Waals surface area contributed by atoms with Crippen molar-refractivity contribution in [2.45, 2.75) is 50.5 Å². The Bertz CT molecular complexity index is 1060. The maximum atomic E-state index is 12.6. The third kappa shape index (κ3) is 6.02. The first-order valence-electron chi connectivity index (χ1n) is 10.7. The number of rotatable bonds is 7. The number of nitrogens with one attached hydrogen (secondary N) is 1. The maximum Gasteiger partial charge on any atom is 0.522 e. The van der Waals surface area contributed by atoms with Gasteiger partial charge in [-0.15, -0.1) is 13.2 Å². The molecule has 12 heteroatoms. The second kappa shape index (κ2) is 9.85. The molecule has 2 aliphatic heterocycles. The molecule has 1 fully saturated rings. The van der Waals surface area contributed by atoms with E-state index >= 15 is 0 Å². The van der Waals surface area contributed by atoms with E-state index in [1.54, 1.807) is 40.2 Å². The minimum absolute atomic E-state index is 0.0872. The van der Waals surface area contributed by atoms with Crippen LogP contribution >= 0.6 is 11.6 Å². The van der Waals surface area contributed by atoms with Crippen molar-refractivity contribution >= 4 is 23.2 Å². The number of carbonyl (C=O) groups excluding carboxylic acids is 1. The molecule has 0 spiro atoms. The van der Waals surface area contributed by atoms with Crippen LogP contribution in [0.25, 0.3) is 0 Å². The Balaban J connectivity index is 1.24. The Morgan fingerprint density at radius 2 is 2.21 bits per heavy atom. The predicted molar refractivity (Wildman–Crippen MR) is 117 cm³/mol. The Kier molecular flexibility index (Phi) is 7.06. The molecule has 1 amide bonds. The fourth-order valence-corrected chi connectivity index (χ4v) is 4.21. The van der Waals surface area contributed by atoms with Crippen LogP contribution in [0.3, 0.4) is 0 Å². The molecule has 2 N–H and O–H groups in total. The molecule has 0 aliphatic carbocycles. The summed E-state index contributed by atoms with van der Waals surface area (Å²) in [6.45, 7) is 4.85. The summed E-state index contributed by atoms with van der Waals surface area (Å²) in [5, 5.41) is 17.7. The summed E-state index contributed by atoms with van der Waals surface area (Å²) < 4.78 is 48.7. The van der Waals surface area contributed by atoms with Crippen LogP contribution in [0, 0.1) is 0 Å². The van der Waals surface area contributed by atoms with Crippen molar-refractivity contribution in [3.63, 3.8) is 0 Å². The molecule has 1 saturated heterocycles. The second-order valence-corrected chi connectivity index (χ2v) is 8.70. The van der Waals surface area contributed by atoms with Crippen LogP contribution in [0.1, 0.15) is 30.9 Å². The van der Waals surface area contributed by atoms with Crippen molar-refractivity contribution in [1.29, 1.82) is 0 Å². The first-order chi connectivity index (χ1) is 16.1. The number of amides is 1. The number of allylic oxidation sites excluding steroid dienone is 1. The van der Waals surface area contributed by atoms with Crippen molar-refractivity contribution in [1.82, 2.24) is 15.1 Å². The molecule has 2 aromatic rings. The van der Waals surface area contributed by atoms with Crippen molar-refractivity contribution in [3.8, 4) is 5.75 Å². The lowest BCUT2D eigenvalue weighted by Crippen LogP contribution is -2.41. The quantitative estimate of drug-likeness (QED) is 0.604. The van der Waals surface area contributed by atoms with Gasteiger partial charge in [0.05, 0.1) is 24.1 Å². The molecule has 8 nitrogen and oxygen atoms in total. The predicted octanol–water partition coefficient (Wildman–Crippen LogP) is 3.56. The number of halogens is 4. The lowest BCUT2D eigenvalue weighted by Gasteiger charge is -2.29. The number of alkyl halides is 3. The highest BCUT2D eigenvalue weighted by atomic mass is 35.5. The average molecular weight is 501 g/mol. The number of ether oxygens (including phenoxy) is 2. The highest BCUT2D eigenvalue weighted by molar-refractivity contribution is 6.30. The normalized spacial score (nSPS) is 22.3. The number of benzene rings is 1. The molecule has 3 atom stereocenters. The average Bonchev–Trinajstić information content (AvgIpc) is 3.41. The van der Waals surface area contributed by atoms with Gasteiger partial charge in [0.1, 0.15) is 5.75 Å². The largest absolute Gasteiger partial charge is 0.522 e. The molecule has 1 aromatic heterocycles. The van der Waals surface area contributed by atoms with E-state index in [-0.39, 0.29) is 19.4 Å². The number of hydrogen-bond acceptors (Lipinski definition) is 6. The first-order valence-corrected chi connectivity index (χ1v) is 11.1. The van der Waals surface area contributed by atoms with Crippen LogP contribution in [0.2, 0.25) is 5.02 Å². The Morgan fingerprint density at radius 3 is 2.97 bits per heavy atom. The summed E-state index contributed by atoms with van der Waals surface area (Å²) >= 11 is 5.95. The summed E-state index contributed by atoms with van der Waals surface area (Å²) in [7, 11) is 0.